The third-order valence-electron chi connectivity index (χ3n) is 3.96. The van der Waals surface area contributed by atoms with Crippen LogP contribution in [-0.2, 0) is 0 Å². The molecule has 1 aliphatic rings. The van der Waals surface area contributed by atoms with E-state index in [0.717, 1.165) is 19.3 Å². The van der Waals surface area contributed by atoms with Crippen molar-refractivity contribution in [2.24, 2.45) is 0 Å². The maximum absolute atomic E-state index is 9.29. The number of H-pyrrole nitrogens is 1. The zero-order chi connectivity index (χ0) is 13.3. The second-order valence-electron chi connectivity index (χ2n) is 5.15. The van der Waals surface area contributed by atoms with Gasteiger partial charge >= 0.3 is 0 Å². The fourth-order valence-electron chi connectivity index (χ4n) is 2.78. The third-order valence-corrected chi connectivity index (χ3v) is 5.17. The van der Waals surface area contributed by atoms with Gasteiger partial charge in [-0.25, -0.2) is 0 Å². The summed E-state index contributed by atoms with van der Waals surface area (Å²) in [4.78, 5) is 3.45. The van der Waals surface area contributed by atoms with E-state index in [0.29, 0.717) is 5.25 Å². The lowest BCUT2D eigenvalue weighted by molar-refractivity contribution is 0.464. The zero-order valence-corrected chi connectivity index (χ0v) is 11.8. The summed E-state index contributed by atoms with van der Waals surface area (Å²) in [7, 11) is 1.89. The van der Waals surface area contributed by atoms with Crippen molar-refractivity contribution in [2.45, 2.75) is 35.1 Å². The Morgan fingerprint density at radius 1 is 1.47 bits per heavy atom. The number of para-hydroxylation sites is 1. The number of aromatic nitrogens is 1. The number of fused-ring (bicyclic) bond motifs is 1. The van der Waals surface area contributed by atoms with Crippen molar-refractivity contribution in [2.75, 3.05) is 7.05 Å². The van der Waals surface area contributed by atoms with E-state index in [-0.39, 0.29) is 5.54 Å². The molecule has 3 nitrogen and oxygen atoms in total. The van der Waals surface area contributed by atoms with Crippen LogP contribution in [-0.4, -0.2) is 22.8 Å². The lowest BCUT2D eigenvalue weighted by atomic mass is 10.0. The summed E-state index contributed by atoms with van der Waals surface area (Å²) in [5, 5.41) is 15.4. The minimum atomic E-state index is -0.316. The fraction of sp³-hybridized carbons (Fsp3) is 0.400. The van der Waals surface area contributed by atoms with E-state index in [9.17, 15) is 5.26 Å². The standard InChI is InChI=1S/C15H17N3S/c1-17-15(10-16)7-6-12(9-15)19-14-8-11-4-2-3-5-13(11)18-14/h2-5,8,12,17-18H,6-7,9H2,1H3. The van der Waals surface area contributed by atoms with Gasteiger partial charge < -0.3 is 10.3 Å². The summed E-state index contributed by atoms with van der Waals surface area (Å²) in [6.07, 6.45) is 2.95. The SMILES string of the molecule is CNC1(C#N)CCC(Sc2cc3ccccc3[nH]2)C1. The zero-order valence-electron chi connectivity index (χ0n) is 10.9. The van der Waals surface area contributed by atoms with E-state index < -0.39 is 0 Å². The predicted octanol–water partition coefficient (Wildman–Crippen LogP) is 3.29. The second-order valence-corrected chi connectivity index (χ2v) is 6.49. The first-order valence-electron chi connectivity index (χ1n) is 6.59. The highest BCUT2D eigenvalue weighted by molar-refractivity contribution is 7.99. The largest absolute Gasteiger partial charge is 0.350 e. The molecule has 19 heavy (non-hydrogen) atoms. The normalized spacial score (nSPS) is 26.6. The molecule has 3 rings (SSSR count). The molecule has 1 aliphatic carbocycles. The first-order chi connectivity index (χ1) is 9.24. The van der Waals surface area contributed by atoms with Crippen LogP contribution in [0.15, 0.2) is 35.4 Å². The molecule has 1 aromatic carbocycles. The molecule has 2 atom stereocenters. The minimum Gasteiger partial charge on any atom is -0.350 e. The van der Waals surface area contributed by atoms with Gasteiger partial charge in [-0.15, -0.1) is 11.8 Å². The summed E-state index contributed by atoms with van der Waals surface area (Å²) in [5.74, 6) is 0. The number of hydrogen-bond donors (Lipinski definition) is 2. The molecule has 1 fully saturated rings. The van der Waals surface area contributed by atoms with E-state index in [4.69, 9.17) is 0 Å². The summed E-state index contributed by atoms with van der Waals surface area (Å²) in [6, 6.07) is 13.0. The Hall–Kier alpha value is -1.44. The molecule has 1 heterocycles. The molecule has 0 saturated heterocycles. The first-order valence-corrected chi connectivity index (χ1v) is 7.47. The topological polar surface area (TPSA) is 51.6 Å². The molecular formula is C15H17N3S. The molecule has 0 spiro atoms. The van der Waals surface area contributed by atoms with Gasteiger partial charge in [0, 0.05) is 16.2 Å². The lowest BCUT2D eigenvalue weighted by Crippen LogP contribution is -2.38. The van der Waals surface area contributed by atoms with Crippen LogP contribution < -0.4 is 5.32 Å². The monoisotopic (exact) mass is 271 g/mol. The van der Waals surface area contributed by atoms with Crippen LogP contribution in [0.25, 0.3) is 10.9 Å². The molecule has 2 aromatic rings. The summed E-state index contributed by atoms with van der Waals surface area (Å²) < 4.78 is 0. The van der Waals surface area contributed by atoms with E-state index in [1.54, 1.807) is 0 Å². The maximum Gasteiger partial charge on any atom is 0.107 e. The second kappa shape index (κ2) is 4.92. The summed E-state index contributed by atoms with van der Waals surface area (Å²) in [6.45, 7) is 0. The van der Waals surface area contributed by atoms with Crippen molar-refractivity contribution < 1.29 is 0 Å². The Labute approximate surface area is 117 Å². The van der Waals surface area contributed by atoms with Gasteiger partial charge in [0.1, 0.15) is 5.54 Å². The highest BCUT2D eigenvalue weighted by Gasteiger charge is 2.38. The van der Waals surface area contributed by atoms with Gasteiger partial charge in [0.15, 0.2) is 0 Å². The van der Waals surface area contributed by atoms with E-state index in [1.165, 1.54) is 15.9 Å². The number of nitriles is 1. The number of aromatic amines is 1. The Bertz CT molecular complexity index is 595. The number of thioether (sulfide) groups is 1. The fourth-order valence-corrected chi connectivity index (χ4v) is 4.10. The number of rotatable bonds is 3. The van der Waals surface area contributed by atoms with E-state index >= 15 is 0 Å². The Balaban J connectivity index is 1.74. The summed E-state index contributed by atoms with van der Waals surface area (Å²) >= 11 is 1.86. The smallest absolute Gasteiger partial charge is 0.107 e. The van der Waals surface area contributed by atoms with Crippen molar-refractivity contribution in [3.63, 3.8) is 0 Å². The number of benzene rings is 1. The minimum absolute atomic E-state index is 0.316. The Morgan fingerprint density at radius 3 is 3.00 bits per heavy atom. The molecule has 2 N–H and O–H groups in total. The van der Waals surface area contributed by atoms with E-state index in [2.05, 4.69) is 40.6 Å². The van der Waals surface area contributed by atoms with Gasteiger partial charge in [-0.2, -0.15) is 5.26 Å². The first kappa shape index (κ1) is 12.6. The highest BCUT2D eigenvalue weighted by atomic mass is 32.2. The average molecular weight is 271 g/mol. The Kier molecular flexibility index (Phi) is 3.26. The van der Waals surface area contributed by atoms with Crippen molar-refractivity contribution in [3.8, 4) is 6.07 Å². The van der Waals surface area contributed by atoms with Gasteiger partial charge in [0.2, 0.25) is 0 Å². The number of hydrogen-bond acceptors (Lipinski definition) is 3. The number of nitrogens with one attached hydrogen (secondary N) is 2. The van der Waals surface area contributed by atoms with Crippen LogP contribution in [0, 0.1) is 11.3 Å². The predicted molar refractivity (Wildman–Crippen MR) is 79.2 cm³/mol. The molecule has 0 aliphatic heterocycles. The van der Waals surface area contributed by atoms with Gasteiger partial charge in [0.25, 0.3) is 0 Å². The third kappa shape index (κ3) is 2.36. The quantitative estimate of drug-likeness (QED) is 0.900. The molecule has 98 valence electrons. The van der Waals surface area contributed by atoms with Crippen LogP contribution in [0.1, 0.15) is 19.3 Å². The molecule has 0 bridgehead atoms. The summed E-state index contributed by atoms with van der Waals surface area (Å²) in [5.41, 5.74) is 0.868. The molecule has 0 amide bonds. The van der Waals surface area contributed by atoms with Crippen molar-refractivity contribution in [3.05, 3.63) is 30.3 Å². The molecule has 0 radical (unpaired) electrons. The van der Waals surface area contributed by atoms with Crippen LogP contribution in [0.4, 0.5) is 0 Å². The van der Waals surface area contributed by atoms with Crippen molar-refractivity contribution in [1.29, 1.82) is 5.26 Å². The Morgan fingerprint density at radius 2 is 2.32 bits per heavy atom. The van der Waals surface area contributed by atoms with Crippen LogP contribution in [0.3, 0.4) is 0 Å². The number of nitrogens with zero attached hydrogens (tertiary/aromatic N) is 1. The van der Waals surface area contributed by atoms with Crippen LogP contribution in [0.2, 0.25) is 0 Å². The van der Waals surface area contributed by atoms with Crippen molar-refractivity contribution in [1.82, 2.24) is 10.3 Å². The maximum atomic E-state index is 9.29. The molecule has 1 saturated carbocycles. The molecule has 4 heteroatoms. The lowest BCUT2D eigenvalue weighted by Gasteiger charge is -2.19. The molecule has 2 unspecified atom stereocenters. The molecule has 1 aromatic heterocycles. The van der Waals surface area contributed by atoms with Crippen molar-refractivity contribution >= 4 is 22.7 Å². The van der Waals surface area contributed by atoms with Crippen LogP contribution in [0.5, 0.6) is 0 Å². The van der Waals surface area contributed by atoms with Gasteiger partial charge in [-0.3, -0.25) is 0 Å². The van der Waals surface area contributed by atoms with Gasteiger partial charge in [-0.05, 0) is 38.4 Å². The van der Waals surface area contributed by atoms with E-state index in [1.807, 2.05) is 24.9 Å². The van der Waals surface area contributed by atoms with Gasteiger partial charge in [0.05, 0.1) is 11.1 Å². The van der Waals surface area contributed by atoms with Gasteiger partial charge in [-0.1, -0.05) is 18.2 Å². The van der Waals surface area contributed by atoms with Crippen LogP contribution >= 0.6 is 11.8 Å². The molecular weight excluding hydrogens is 254 g/mol. The highest BCUT2D eigenvalue weighted by Crippen LogP contribution is 2.40. The average Bonchev–Trinajstić information content (AvgIpc) is 3.03.